The van der Waals surface area contributed by atoms with Crippen LogP contribution in [0.1, 0.15) is 66.1 Å². The maximum atomic E-state index is 13.1. The number of carbonyl (C=O) groups excluding carboxylic acids is 1. The van der Waals surface area contributed by atoms with Crippen LogP contribution in [-0.4, -0.2) is 32.0 Å². The lowest BCUT2D eigenvalue weighted by molar-refractivity contribution is -0.116. The Kier molecular flexibility index (Phi) is 8.31. The Balaban J connectivity index is 1.46. The average molecular weight is 552 g/mol. The number of aromatic nitrogens is 2. The highest BCUT2D eigenvalue weighted by molar-refractivity contribution is 7.80. The minimum atomic E-state index is -0.131. The minimum absolute atomic E-state index is 0.0229. The molecular weight excluding hydrogens is 514 g/mol. The summed E-state index contributed by atoms with van der Waals surface area (Å²) in [6, 6.07) is 24.7. The zero-order chi connectivity index (χ0) is 28.2. The molecule has 1 fully saturated rings. The van der Waals surface area contributed by atoms with Gasteiger partial charge >= 0.3 is 0 Å². The number of carbonyl (C=O) groups is 1. The number of anilines is 1. The first-order valence-corrected chi connectivity index (χ1v) is 14.5. The fourth-order valence-electron chi connectivity index (χ4n) is 5.74. The van der Waals surface area contributed by atoms with Crippen molar-refractivity contribution in [2.24, 2.45) is 0 Å². The fraction of sp³-hybridized carbons (Fsp3) is 0.303. The smallest absolute Gasteiger partial charge is 0.226 e. The second kappa shape index (κ2) is 12.0. The number of aryl methyl sites for hydroxylation is 3. The van der Waals surface area contributed by atoms with Crippen LogP contribution >= 0.6 is 12.2 Å². The number of thiocarbonyl (C=S) groups is 1. The first-order valence-electron chi connectivity index (χ1n) is 14.0. The van der Waals surface area contributed by atoms with Crippen molar-refractivity contribution in [3.63, 3.8) is 0 Å². The highest BCUT2D eigenvalue weighted by Crippen LogP contribution is 2.41. The van der Waals surface area contributed by atoms with Gasteiger partial charge in [0.2, 0.25) is 5.91 Å². The highest BCUT2D eigenvalue weighted by Gasteiger charge is 2.41. The van der Waals surface area contributed by atoms with E-state index in [1.165, 1.54) is 11.1 Å². The Morgan fingerprint density at radius 3 is 2.45 bits per heavy atom. The number of benzene rings is 2. The molecule has 0 unspecified atom stereocenters. The van der Waals surface area contributed by atoms with Crippen molar-refractivity contribution in [2.75, 3.05) is 11.9 Å². The van der Waals surface area contributed by atoms with Crippen LogP contribution in [0.5, 0.6) is 0 Å². The van der Waals surface area contributed by atoms with Crippen LogP contribution in [0, 0.1) is 13.8 Å². The summed E-state index contributed by atoms with van der Waals surface area (Å²) in [7, 11) is 0. The van der Waals surface area contributed by atoms with Gasteiger partial charge in [0, 0.05) is 41.9 Å². The molecule has 0 aliphatic carbocycles. The lowest BCUT2D eigenvalue weighted by Crippen LogP contribution is -2.33. The molecule has 3 heterocycles. The quantitative estimate of drug-likeness (QED) is 0.229. The molecule has 1 aliphatic heterocycles. The van der Waals surface area contributed by atoms with Gasteiger partial charge in [-0.05, 0) is 92.0 Å². The molecule has 2 aromatic carbocycles. The highest BCUT2D eigenvalue weighted by atomic mass is 32.1. The second-order valence-electron chi connectivity index (χ2n) is 10.3. The summed E-state index contributed by atoms with van der Waals surface area (Å²) >= 11 is 5.87. The van der Waals surface area contributed by atoms with Crippen LogP contribution in [0.25, 0.3) is 5.69 Å². The number of pyridine rings is 1. The maximum absolute atomic E-state index is 13.1. The van der Waals surface area contributed by atoms with Crippen LogP contribution in [-0.2, 0) is 17.6 Å². The fourth-order valence-corrected chi connectivity index (χ4v) is 6.07. The van der Waals surface area contributed by atoms with Gasteiger partial charge < -0.3 is 20.1 Å². The average Bonchev–Trinajstić information content (AvgIpc) is 3.46. The van der Waals surface area contributed by atoms with Crippen molar-refractivity contribution >= 4 is 28.9 Å². The summed E-state index contributed by atoms with van der Waals surface area (Å²) in [5.74, 6) is -0.0229. The molecule has 2 atom stereocenters. The van der Waals surface area contributed by atoms with Crippen LogP contribution in [0.2, 0.25) is 0 Å². The first-order chi connectivity index (χ1) is 19.4. The predicted octanol–water partition coefficient (Wildman–Crippen LogP) is 6.62. The van der Waals surface area contributed by atoms with Crippen LogP contribution in [0.4, 0.5) is 5.69 Å². The van der Waals surface area contributed by atoms with E-state index in [1.54, 1.807) is 0 Å². The molecular formula is C33H37N5OS. The molecule has 1 amide bonds. The number of amides is 1. The molecule has 0 radical (unpaired) electrons. The first kappa shape index (κ1) is 27.6. The standard InChI is InChI=1S/C33H37N5OS/c1-5-24-14-16-26(17-15-24)38-22(3)21-27(23(38)4)32-31(29-13-9-10-19-34-29)36-33(40)37(32)20-18-30(39)35-28-12-8-7-11-25(28)6-2/h7-17,19,21,31-32H,5-6,18,20H2,1-4H3,(H,35,39)(H,36,40)/t31-,32+/m1/s1. The van der Waals surface area contributed by atoms with Crippen molar-refractivity contribution in [3.8, 4) is 5.69 Å². The normalized spacial score (nSPS) is 16.7. The molecule has 40 heavy (non-hydrogen) atoms. The molecule has 206 valence electrons. The van der Waals surface area contributed by atoms with E-state index in [0.29, 0.717) is 18.1 Å². The van der Waals surface area contributed by atoms with E-state index in [4.69, 9.17) is 12.2 Å². The number of para-hydroxylation sites is 1. The number of hydrogen-bond acceptors (Lipinski definition) is 3. The van der Waals surface area contributed by atoms with E-state index >= 15 is 0 Å². The third-order valence-electron chi connectivity index (χ3n) is 7.84. The van der Waals surface area contributed by atoms with Gasteiger partial charge in [0.25, 0.3) is 0 Å². The summed E-state index contributed by atoms with van der Waals surface area (Å²) < 4.78 is 2.30. The van der Waals surface area contributed by atoms with Gasteiger partial charge in [-0.25, -0.2) is 0 Å². The van der Waals surface area contributed by atoms with E-state index in [1.807, 2.05) is 48.7 Å². The van der Waals surface area contributed by atoms with Gasteiger partial charge in [-0.2, -0.15) is 0 Å². The summed E-state index contributed by atoms with van der Waals surface area (Å²) in [5.41, 5.74) is 8.88. The number of nitrogens with one attached hydrogen (secondary N) is 2. The van der Waals surface area contributed by atoms with Gasteiger partial charge in [-0.3, -0.25) is 9.78 Å². The zero-order valence-electron chi connectivity index (χ0n) is 23.6. The molecule has 2 N–H and O–H groups in total. The summed E-state index contributed by atoms with van der Waals surface area (Å²) in [6.07, 6.45) is 4.01. The van der Waals surface area contributed by atoms with E-state index in [2.05, 4.69) is 83.1 Å². The molecule has 1 aliphatic rings. The zero-order valence-corrected chi connectivity index (χ0v) is 24.5. The van der Waals surface area contributed by atoms with E-state index in [0.717, 1.165) is 46.9 Å². The third kappa shape index (κ3) is 5.52. The molecule has 2 aromatic heterocycles. The monoisotopic (exact) mass is 551 g/mol. The van der Waals surface area contributed by atoms with Gasteiger partial charge in [-0.1, -0.05) is 50.2 Å². The lowest BCUT2D eigenvalue weighted by Gasteiger charge is -2.28. The SMILES string of the molecule is CCc1ccc(-n2c(C)cc([C@H]3[C@@H](c4ccccn4)NC(=S)N3CCC(=O)Nc3ccccc3CC)c2C)cc1. The Labute approximate surface area is 242 Å². The second-order valence-corrected chi connectivity index (χ2v) is 10.7. The Morgan fingerprint density at radius 2 is 1.75 bits per heavy atom. The van der Waals surface area contributed by atoms with Gasteiger partial charge in [0.15, 0.2) is 5.11 Å². The minimum Gasteiger partial charge on any atom is -0.352 e. The van der Waals surface area contributed by atoms with Gasteiger partial charge in [0.05, 0.1) is 17.8 Å². The van der Waals surface area contributed by atoms with Gasteiger partial charge in [-0.15, -0.1) is 0 Å². The van der Waals surface area contributed by atoms with Crippen LogP contribution in [0.3, 0.4) is 0 Å². The third-order valence-corrected chi connectivity index (χ3v) is 8.19. The number of nitrogens with zero attached hydrogens (tertiary/aromatic N) is 3. The largest absolute Gasteiger partial charge is 0.352 e. The molecule has 7 heteroatoms. The number of hydrogen-bond donors (Lipinski definition) is 2. The molecule has 5 rings (SSSR count). The summed E-state index contributed by atoms with van der Waals surface area (Å²) in [5, 5.41) is 7.27. The maximum Gasteiger partial charge on any atom is 0.226 e. The van der Waals surface area contributed by atoms with Crippen LogP contribution in [0.15, 0.2) is 79.0 Å². The predicted molar refractivity (Wildman–Crippen MR) is 166 cm³/mol. The summed E-state index contributed by atoms with van der Waals surface area (Å²) in [6.45, 7) is 9.07. The molecule has 0 spiro atoms. The lowest BCUT2D eigenvalue weighted by atomic mass is 9.96. The Bertz CT molecular complexity index is 1500. The molecule has 6 nitrogen and oxygen atoms in total. The van der Waals surface area contributed by atoms with Crippen LogP contribution < -0.4 is 10.6 Å². The molecule has 4 aromatic rings. The van der Waals surface area contributed by atoms with Crippen molar-refractivity contribution in [2.45, 2.75) is 59.0 Å². The topological polar surface area (TPSA) is 62.2 Å². The molecule has 1 saturated heterocycles. The van der Waals surface area contributed by atoms with Gasteiger partial charge in [0.1, 0.15) is 0 Å². The van der Waals surface area contributed by atoms with E-state index in [-0.39, 0.29) is 18.0 Å². The Morgan fingerprint density at radius 1 is 1.00 bits per heavy atom. The molecule has 0 saturated carbocycles. The van der Waals surface area contributed by atoms with Crippen molar-refractivity contribution in [1.29, 1.82) is 0 Å². The summed E-state index contributed by atoms with van der Waals surface area (Å²) in [4.78, 5) is 19.9. The number of rotatable bonds is 9. The van der Waals surface area contributed by atoms with Crippen molar-refractivity contribution in [3.05, 3.63) is 113 Å². The van der Waals surface area contributed by atoms with E-state index in [9.17, 15) is 4.79 Å². The molecule has 0 bridgehead atoms. The van der Waals surface area contributed by atoms with E-state index < -0.39 is 0 Å². The van der Waals surface area contributed by atoms with Crippen molar-refractivity contribution < 1.29 is 4.79 Å². The van der Waals surface area contributed by atoms with Crippen molar-refractivity contribution in [1.82, 2.24) is 19.8 Å². The Hall–Kier alpha value is -3.97.